The maximum Gasteiger partial charge on any atom is 0.323 e. The molecule has 31 heavy (non-hydrogen) atoms. The van der Waals surface area contributed by atoms with Crippen LogP contribution in [0.4, 0.5) is 4.79 Å². The lowest BCUT2D eigenvalue weighted by Crippen LogP contribution is -2.33. The summed E-state index contributed by atoms with van der Waals surface area (Å²) in [6.45, 7) is -0.338. The fourth-order valence-corrected chi connectivity index (χ4v) is 4.46. The number of nitrogens with zero attached hydrogens (tertiary/aromatic N) is 1. The van der Waals surface area contributed by atoms with Crippen molar-refractivity contribution in [1.29, 1.82) is 0 Å². The molecule has 0 aromatic heterocycles. The summed E-state index contributed by atoms with van der Waals surface area (Å²) in [5.74, 6) is -1.33. The molecule has 156 valence electrons. The maximum atomic E-state index is 12.5. The SMILES string of the molecule is O=C(O)CN1C(=O)S/C(=C/c2cc(Br)ccc2OCc2cccc3ccccc23)C1=O. The second-order valence-electron chi connectivity index (χ2n) is 6.77. The van der Waals surface area contributed by atoms with Gasteiger partial charge in [-0.05, 0) is 52.4 Å². The second-order valence-corrected chi connectivity index (χ2v) is 8.68. The Kier molecular flexibility index (Phi) is 6.11. The quantitative estimate of drug-likeness (QED) is 0.465. The summed E-state index contributed by atoms with van der Waals surface area (Å²) in [5.41, 5.74) is 1.63. The van der Waals surface area contributed by atoms with Crippen LogP contribution < -0.4 is 4.74 Å². The van der Waals surface area contributed by atoms with Crippen molar-refractivity contribution in [2.45, 2.75) is 6.61 Å². The average molecular weight is 498 g/mol. The Morgan fingerprint density at radius 2 is 1.87 bits per heavy atom. The number of rotatable bonds is 6. The number of ether oxygens (including phenoxy) is 1. The van der Waals surface area contributed by atoms with Crippen molar-refractivity contribution >= 4 is 61.7 Å². The smallest absolute Gasteiger partial charge is 0.323 e. The zero-order chi connectivity index (χ0) is 22.0. The number of carbonyl (C=O) groups is 3. The lowest BCUT2D eigenvalue weighted by molar-refractivity contribution is -0.140. The van der Waals surface area contributed by atoms with Gasteiger partial charge in [-0.2, -0.15) is 0 Å². The molecule has 0 saturated carbocycles. The molecule has 1 aliphatic heterocycles. The van der Waals surface area contributed by atoms with Gasteiger partial charge in [0.2, 0.25) is 0 Å². The zero-order valence-corrected chi connectivity index (χ0v) is 18.5. The topological polar surface area (TPSA) is 83.9 Å². The van der Waals surface area contributed by atoms with Crippen LogP contribution in [0.15, 0.2) is 70.0 Å². The fourth-order valence-electron chi connectivity index (χ4n) is 3.25. The first-order valence-corrected chi connectivity index (χ1v) is 10.9. The largest absolute Gasteiger partial charge is 0.488 e. The molecule has 0 aliphatic carbocycles. The van der Waals surface area contributed by atoms with Gasteiger partial charge in [-0.25, -0.2) is 0 Å². The molecule has 3 aromatic carbocycles. The summed E-state index contributed by atoms with van der Waals surface area (Å²) >= 11 is 4.13. The van der Waals surface area contributed by atoms with E-state index in [2.05, 4.69) is 15.9 Å². The molecule has 1 N–H and O–H groups in total. The molecule has 0 atom stereocenters. The first-order valence-electron chi connectivity index (χ1n) is 9.28. The fraction of sp³-hybridized carbons (Fsp3) is 0.0870. The van der Waals surface area contributed by atoms with Crippen LogP contribution in [0, 0.1) is 0 Å². The molecule has 0 bridgehead atoms. The number of hydrogen-bond donors (Lipinski definition) is 1. The molecule has 6 nitrogen and oxygen atoms in total. The van der Waals surface area contributed by atoms with Gasteiger partial charge in [0.05, 0.1) is 4.91 Å². The Bertz CT molecular complexity index is 1230. The van der Waals surface area contributed by atoms with E-state index in [1.807, 2.05) is 48.5 Å². The van der Waals surface area contributed by atoms with Gasteiger partial charge in [0.15, 0.2) is 0 Å². The molecule has 0 unspecified atom stereocenters. The minimum atomic E-state index is -1.25. The Hall–Kier alpha value is -3.10. The number of carboxylic acids is 1. The van der Waals surface area contributed by atoms with Crippen LogP contribution >= 0.6 is 27.7 Å². The molecule has 8 heteroatoms. The average Bonchev–Trinajstić information content (AvgIpc) is 3.00. The number of halogens is 1. The molecule has 0 spiro atoms. The minimum absolute atomic E-state index is 0.152. The standard InChI is InChI=1S/C23H16BrNO5S/c24-17-8-9-19(30-13-15-6-3-5-14-4-1-2-7-18(14)15)16(10-17)11-20-22(28)25(12-21(26)27)23(29)31-20/h1-11H,12-13H2,(H,26,27)/b20-11+. The molecule has 4 rings (SSSR count). The second kappa shape index (κ2) is 8.95. The van der Waals surface area contributed by atoms with Gasteiger partial charge in [-0.1, -0.05) is 58.4 Å². The van der Waals surface area contributed by atoms with E-state index in [0.29, 0.717) is 34.6 Å². The number of fused-ring (bicyclic) bond motifs is 1. The Balaban J connectivity index is 1.61. The first-order chi connectivity index (χ1) is 14.9. The number of hydrogen-bond acceptors (Lipinski definition) is 5. The summed E-state index contributed by atoms with van der Waals surface area (Å²) in [6, 6.07) is 19.4. The van der Waals surface area contributed by atoms with Crippen LogP contribution in [-0.4, -0.2) is 33.7 Å². The summed E-state index contributed by atoms with van der Waals surface area (Å²) in [5, 5.41) is 10.5. The van der Waals surface area contributed by atoms with Crippen LogP contribution in [0.3, 0.4) is 0 Å². The van der Waals surface area contributed by atoms with Crippen molar-refractivity contribution in [3.63, 3.8) is 0 Å². The van der Waals surface area contributed by atoms with Crippen LogP contribution in [0.2, 0.25) is 0 Å². The molecule has 3 aromatic rings. The number of carboxylic acid groups (broad SMARTS) is 1. The summed E-state index contributed by atoms with van der Waals surface area (Å²) in [4.78, 5) is 36.3. The Labute approximate surface area is 190 Å². The number of thioether (sulfide) groups is 1. The van der Waals surface area contributed by atoms with Crippen molar-refractivity contribution in [2.75, 3.05) is 6.54 Å². The number of aliphatic carboxylic acids is 1. The van der Waals surface area contributed by atoms with Gasteiger partial charge in [0.25, 0.3) is 11.1 Å². The van der Waals surface area contributed by atoms with E-state index in [1.54, 1.807) is 18.2 Å². The Morgan fingerprint density at radius 1 is 1.10 bits per heavy atom. The lowest BCUT2D eigenvalue weighted by atomic mass is 10.1. The third-order valence-corrected chi connectivity index (χ3v) is 6.09. The summed E-state index contributed by atoms with van der Waals surface area (Å²) < 4.78 is 6.85. The molecular formula is C23H16BrNO5S. The predicted molar refractivity (Wildman–Crippen MR) is 123 cm³/mol. The molecule has 1 aliphatic rings. The summed E-state index contributed by atoms with van der Waals surface area (Å²) in [6.07, 6.45) is 1.55. The van der Waals surface area contributed by atoms with Gasteiger partial charge < -0.3 is 9.84 Å². The van der Waals surface area contributed by atoms with Crippen LogP contribution in [-0.2, 0) is 16.2 Å². The van der Waals surface area contributed by atoms with Crippen molar-refractivity contribution in [3.8, 4) is 5.75 Å². The van der Waals surface area contributed by atoms with Crippen LogP contribution in [0.5, 0.6) is 5.75 Å². The highest BCUT2D eigenvalue weighted by molar-refractivity contribution is 9.10. The van der Waals surface area contributed by atoms with Crippen molar-refractivity contribution in [3.05, 3.63) is 81.2 Å². The van der Waals surface area contributed by atoms with Crippen LogP contribution in [0.25, 0.3) is 16.8 Å². The van der Waals surface area contributed by atoms with E-state index >= 15 is 0 Å². The first kappa shape index (κ1) is 21.1. The number of imide groups is 1. The molecule has 0 radical (unpaired) electrons. The molecule has 1 saturated heterocycles. The van der Waals surface area contributed by atoms with Gasteiger partial charge in [-0.3, -0.25) is 19.3 Å². The molecule has 1 fully saturated rings. The van der Waals surface area contributed by atoms with E-state index in [0.717, 1.165) is 20.8 Å². The molecule has 2 amide bonds. The highest BCUT2D eigenvalue weighted by Gasteiger charge is 2.36. The van der Waals surface area contributed by atoms with Gasteiger partial charge in [0.1, 0.15) is 18.9 Å². The van der Waals surface area contributed by atoms with E-state index < -0.39 is 23.7 Å². The lowest BCUT2D eigenvalue weighted by Gasteiger charge is -2.12. The van der Waals surface area contributed by atoms with Crippen molar-refractivity contribution in [2.24, 2.45) is 0 Å². The number of benzene rings is 3. The normalized spacial score (nSPS) is 15.1. The molecule has 1 heterocycles. The van der Waals surface area contributed by atoms with E-state index in [9.17, 15) is 14.4 Å². The third-order valence-electron chi connectivity index (χ3n) is 4.69. The minimum Gasteiger partial charge on any atom is -0.488 e. The highest BCUT2D eigenvalue weighted by Crippen LogP contribution is 2.35. The maximum absolute atomic E-state index is 12.5. The van der Waals surface area contributed by atoms with E-state index in [-0.39, 0.29) is 4.91 Å². The van der Waals surface area contributed by atoms with Gasteiger partial charge in [-0.15, -0.1) is 0 Å². The third kappa shape index (κ3) is 4.65. The van der Waals surface area contributed by atoms with Crippen LogP contribution in [0.1, 0.15) is 11.1 Å². The molecular weight excluding hydrogens is 482 g/mol. The number of carbonyl (C=O) groups excluding carboxylic acids is 2. The van der Waals surface area contributed by atoms with Crippen molar-refractivity contribution < 1.29 is 24.2 Å². The highest BCUT2D eigenvalue weighted by atomic mass is 79.9. The van der Waals surface area contributed by atoms with E-state index in [1.165, 1.54) is 0 Å². The predicted octanol–water partition coefficient (Wildman–Crippen LogP) is 5.30. The van der Waals surface area contributed by atoms with Gasteiger partial charge in [0, 0.05) is 10.0 Å². The van der Waals surface area contributed by atoms with Gasteiger partial charge >= 0.3 is 5.97 Å². The van der Waals surface area contributed by atoms with Crippen molar-refractivity contribution in [1.82, 2.24) is 4.90 Å². The van der Waals surface area contributed by atoms with E-state index in [4.69, 9.17) is 9.84 Å². The summed E-state index contributed by atoms with van der Waals surface area (Å²) in [7, 11) is 0. The number of amides is 2. The monoisotopic (exact) mass is 497 g/mol. The zero-order valence-electron chi connectivity index (χ0n) is 16.1. The Morgan fingerprint density at radius 3 is 2.68 bits per heavy atom.